The number of carboxylic acid groups (broad SMARTS) is 1. The fourth-order valence-electron chi connectivity index (χ4n) is 1.81. The van der Waals surface area contributed by atoms with Gasteiger partial charge in [0.05, 0.1) is 0 Å². The van der Waals surface area contributed by atoms with Gasteiger partial charge < -0.3 is 15.7 Å². The molecule has 2 unspecified atom stereocenters. The van der Waals surface area contributed by atoms with Gasteiger partial charge in [0, 0.05) is 10.9 Å². The number of hydrogen-bond donors (Lipinski definition) is 2. The second kappa shape index (κ2) is 6.78. The summed E-state index contributed by atoms with van der Waals surface area (Å²) in [7, 11) is 3.86. The van der Waals surface area contributed by atoms with Crippen LogP contribution in [0.15, 0.2) is 29.2 Å². The molecule has 4 nitrogen and oxygen atoms in total. The van der Waals surface area contributed by atoms with E-state index in [0.717, 1.165) is 5.56 Å². The minimum atomic E-state index is -0.956. The lowest BCUT2D eigenvalue weighted by atomic mass is 9.99. The van der Waals surface area contributed by atoms with Crippen molar-refractivity contribution in [2.45, 2.75) is 23.4 Å². The zero-order valence-electron chi connectivity index (χ0n) is 11.0. The standard InChI is InChI=1S/C13H20N2O2S/c1-15(2)12(8-11(14)13(16)17)9-4-6-10(18-3)7-5-9/h4-7,11-12H,8,14H2,1-3H3,(H,16,17). The summed E-state index contributed by atoms with van der Waals surface area (Å²) in [5, 5.41) is 8.89. The number of benzene rings is 1. The molecule has 0 fully saturated rings. The first-order valence-corrected chi connectivity index (χ1v) is 6.97. The number of nitrogens with two attached hydrogens (primary N) is 1. The summed E-state index contributed by atoms with van der Waals surface area (Å²) in [6.07, 6.45) is 2.43. The molecule has 100 valence electrons. The predicted octanol–water partition coefficient (Wildman–Crippen LogP) is 1.81. The van der Waals surface area contributed by atoms with Crippen molar-refractivity contribution < 1.29 is 9.90 Å². The van der Waals surface area contributed by atoms with Crippen molar-refractivity contribution in [3.05, 3.63) is 29.8 Å². The molecule has 0 spiro atoms. The number of carbonyl (C=O) groups is 1. The molecule has 1 aromatic rings. The van der Waals surface area contributed by atoms with Crippen LogP contribution in [-0.2, 0) is 4.79 Å². The Hall–Kier alpha value is -1.04. The SMILES string of the molecule is CSc1ccc(C(CC(N)C(=O)O)N(C)C)cc1. The predicted molar refractivity (Wildman–Crippen MR) is 74.9 cm³/mol. The van der Waals surface area contributed by atoms with E-state index < -0.39 is 12.0 Å². The first-order chi connectivity index (χ1) is 8.45. The maximum absolute atomic E-state index is 10.8. The number of rotatable bonds is 6. The number of nitrogens with zero attached hydrogens (tertiary/aromatic N) is 1. The van der Waals surface area contributed by atoms with Crippen LogP contribution in [-0.4, -0.2) is 42.4 Å². The van der Waals surface area contributed by atoms with Crippen molar-refractivity contribution in [2.75, 3.05) is 20.4 Å². The molecular formula is C13H20N2O2S. The monoisotopic (exact) mass is 268 g/mol. The van der Waals surface area contributed by atoms with Crippen molar-refractivity contribution >= 4 is 17.7 Å². The van der Waals surface area contributed by atoms with Crippen LogP contribution in [0.1, 0.15) is 18.0 Å². The summed E-state index contributed by atoms with van der Waals surface area (Å²) in [4.78, 5) is 14.0. The molecular weight excluding hydrogens is 248 g/mol. The van der Waals surface area contributed by atoms with Crippen molar-refractivity contribution in [3.63, 3.8) is 0 Å². The third-order valence-corrected chi connectivity index (χ3v) is 3.66. The average molecular weight is 268 g/mol. The van der Waals surface area contributed by atoms with E-state index in [9.17, 15) is 4.79 Å². The zero-order valence-corrected chi connectivity index (χ0v) is 11.8. The Labute approximate surface area is 112 Å². The van der Waals surface area contributed by atoms with Crippen molar-refractivity contribution in [3.8, 4) is 0 Å². The molecule has 1 rings (SSSR count). The van der Waals surface area contributed by atoms with Crippen molar-refractivity contribution in [2.24, 2.45) is 5.73 Å². The van der Waals surface area contributed by atoms with Gasteiger partial charge in [-0.3, -0.25) is 4.79 Å². The van der Waals surface area contributed by atoms with Crippen molar-refractivity contribution in [1.29, 1.82) is 0 Å². The van der Waals surface area contributed by atoms with E-state index in [1.165, 1.54) is 4.90 Å². The maximum atomic E-state index is 10.8. The van der Waals surface area contributed by atoms with Gasteiger partial charge in [-0.05, 0) is 44.5 Å². The van der Waals surface area contributed by atoms with Gasteiger partial charge in [0.25, 0.3) is 0 Å². The molecule has 0 saturated heterocycles. The molecule has 0 aliphatic heterocycles. The number of aliphatic carboxylic acids is 1. The number of thioether (sulfide) groups is 1. The molecule has 0 bridgehead atoms. The highest BCUT2D eigenvalue weighted by atomic mass is 32.2. The third-order valence-electron chi connectivity index (χ3n) is 2.92. The molecule has 0 aliphatic carbocycles. The molecule has 0 amide bonds. The second-order valence-electron chi connectivity index (χ2n) is 4.43. The molecule has 5 heteroatoms. The van der Waals surface area contributed by atoms with Crippen LogP contribution in [0, 0.1) is 0 Å². The van der Waals surface area contributed by atoms with Crippen LogP contribution in [0.3, 0.4) is 0 Å². The van der Waals surface area contributed by atoms with Crippen molar-refractivity contribution in [1.82, 2.24) is 4.90 Å². The molecule has 0 heterocycles. The summed E-state index contributed by atoms with van der Waals surface area (Å²) < 4.78 is 0. The van der Waals surface area contributed by atoms with E-state index >= 15 is 0 Å². The Morgan fingerprint density at radius 3 is 2.33 bits per heavy atom. The van der Waals surface area contributed by atoms with Gasteiger partial charge in [-0.1, -0.05) is 12.1 Å². The van der Waals surface area contributed by atoms with Crippen LogP contribution in [0.2, 0.25) is 0 Å². The van der Waals surface area contributed by atoms with Crippen LogP contribution in [0.4, 0.5) is 0 Å². The summed E-state index contributed by atoms with van der Waals surface area (Å²) in [6.45, 7) is 0. The van der Waals surface area contributed by atoms with Crippen LogP contribution < -0.4 is 5.73 Å². The van der Waals surface area contributed by atoms with E-state index in [-0.39, 0.29) is 6.04 Å². The van der Waals surface area contributed by atoms with Gasteiger partial charge in [-0.25, -0.2) is 0 Å². The average Bonchev–Trinajstić information content (AvgIpc) is 2.35. The Balaban J connectivity index is 2.86. The molecule has 18 heavy (non-hydrogen) atoms. The molecule has 1 aromatic carbocycles. The summed E-state index contributed by atoms with van der Waals surface area (Å²) in [5.74, 6) is -0.956. The normalized spacial score (nSPS) is 14.5. The number of carboxylic acids is 1. The Morgan fingerprint density at radius 2 is 1.94 bits per heavy atom. The highest BCUT2D eigenvalue weighted by Crippen LogP contribution is 2.25. The minimum absolute atomic E-state index is 0.0204. The van der Waals surface area contributed by atoms with Gasteiger partial charge in [0.2, 0.25) is 0 Å². The largest absolute Gasteiger partial charge is 0.480 e. The lowest BCUT2D eigenvalue weighted by molar-refractivity contribution is -0.139. The highest BCUT2D eigenvalue weighted by Gasteiger charge is 2.21. The first kappa shape index (κ1) is 15.0. The summed E-state index contributed by atoms with van der Waals surface area (Å²) in [6, 6.07) is 7.34. The Morgan fingerprint density at radius 1 is 1.39 bits per heavy atom. The van der Waals surface area contributed by atoms with Gasteiger partial charge >= 0.3 is 5.97 Å². The van der Waals surface area contributed by atoms with E-state index in [1.54, 1.807) is 11.8 Å². The molecule has 0 radical (unpaired) electrons. The summed E-state index contributed by atoms with van der Waals surface area (Å²) >= 11 is 1.68. The van der Waals surface area contributed by atoms with Gasteiger partial charge in [-0.15, -0.1) is 11.8 Å². The van der Waals surface area contributed by atoms with Crippen LogP contribution >= 0.6 is 11.8 Å². The summed E-state index contributed by atoms with van der Waals surface area (Å²) in [5.41, 5.74) is 6.71. The van der Waals surface area contributed by atoms with Gasteiger partial charge in [0.1, 0.15) is 6.04 Å². The van der Waals surface area contributed by atoms with E-state index in [0.29, 0.717) is 6.42 Å². The van der Waals surface area contributed by atoms with E-state index in [1.807, 2.05) is 49.5 Å². The third kappa shape index (κ3) is 4.01. The van der Waals surface area contributed by atoms with Gasteiger partial charge in [-0.2, -0.15) is 0 Å². The lowest BCUT2D eigenvalue weighted by Gasteiger charge is -2.26. The van der Waals surface area contributed by atoms with Crippen LogP contribution in [0.5, 0.6) is 0 Å². The topological polar surface area (TPSA) is 66.6 Å². The lowest BCUT2D eigenvalue weighted by Crippen LogP contribution is -2.35. The van der Waals surface area contributed by atoms with Crippen LogP contribution in [0.25, 0.3) is 0 Å². The molecule has 3 N–H and O–H groups in total. The Bertz CT molecular complexity index is 392. The fourth-order valence-corrected chi connectivity index (χ4v) is 2.22. The van der Waals surface area contributed by atoms with E-state index in [4.69, 9.17) is 10.8 Å². The quantitative estimate of drug-likeness (QED) is 0.770. The van der Waals surface area contributed by atoms with Gasteiger partial charge in [0.15, 0.2) is 0 Å². The first-order valence-electron chi connectivity index (χ1n) is 5.74. The number of hydrogen-bond acceptors (Lipinski definition) is 4. The smallest absolute Gasteiger partial charge is 0.320 e. The van der Waals surface area contributed by atoms with E-state index in [2.05, 4.69) is 0 Å². The highest BCUT2D eigenvalue weighted by molar-refractivity contribution is 7.98. The molecule has 0 aliphatic rings. The zero-order chi connectivity index (χ0) is 13.7. The molecule has 0 aromatic heterocycles. The minimum Gasteiger partial charge on any atom is -0.480 e. The second-order valence-corrected chi connectivity index (χ2v) is 5.31. The fraction of sp³-hybridized carbons (Fsp3) is 0.462. The molecule has 0 saturated carbocycles. The maximum Gasteiger partial charge on any atom is 0.320 e. The Kier molecular flexibility index (Phi) is 5.65. The molecule has 2 atom stereocenters.